The molecule has 0 amide bonds. The monoisotopic (exact) mass is 740 g/mol. The predicted molar refractivity (Wildman–Crippen MR) is 235 cm³/mol. The molecule has 0 saturated heterocycles. The molecule has 0 fully saturated rings. The molecule has 6 nitrogen and oxygen atoms in total. The van der Waals surface area contributed by atoms with E-state index in [4.69, 9.17) is 15.0 Å². The Hall–Kier alpha value is -8.14. The Morgan fingerprint density at radius 2 is 0.931 bits per heavy atom. The summed E-state index contributed by atoms with van der Waals surface area (Å²) in [6.07, 6.45) is 0. The first-order valence-electron chi connectivity index (χ1n) is 19.3. The largest absolute Gasteiger partial charge is 0.309 e. The molecule has 11 rings (SSSR count). The summed E-state index contributed by atoms with van der Waals surface area (Å²) < 4.78 is 4.79. The number of para-hydroxylation sites is 3. The average molecular weight is 741 g/mol. The first-order chi connectivity index (χ1) is 28.7. The van der Waals surface area contributed by atoms with Crippen molar-refractivity contribution in [3.8, 4) is 62.7 Å². The molecule has 3 aromatic heterocycles. The standard InChI is InChI=1S/C52H32N6/c53-33-34-24-26-35(27-25-34)43-32-38(52-55-50(36-14-4-1-5-15-36)54-51(56-52)37-16-6-2-7-17-37)28-30-46(43)58-45-23-13-11-21-42(45)48-47(58)31-29-41-40-20-10-12-22-44(40)57(49(41)48)39-18-8-3-9-19-39/h1-32H. The van der Waals surface area contributed by atoms with Gasteiger partial charge in [-0.05, 0) is 66.2 Å². The van der Waals surface area contributed by atoms with Gasteiger partial charge in [0.25, 0.3) is 0 Å². The smallest absolute Gasteiger partial charge is 0.164 e. The fraction of sp³-hybridized carbons (Fsp3) is 0. The molecule has 0 atom stereocenters. The molecule has 8 aromatic carbocycles. The molecule has 0 N–H and O–H groups in total. The molecule has 0 bridgehead atoms. The first kappa shape index (κ1) is 33.2. The average Bonchev–Trinajstić information content (AvgIpc) is 3.82. The molecule has 3 heterocycles. The lowest BCUT2D eigenvalue weighted by atomic mass is 9.99. The van der Waals surface area contributed by atoms with Gasteiger partial charge in [0.05, 0.1) is 39.4 Å². The van der Waals surface area contributed by atoms with Crippen LogP contribution < -0.4 is 0 Å². The molecule has 6 heteroatoms. The van der Waals surface area contributed by atoms with E-state index in [9.17, 15) is 5.26 Å². The van der Waals surface area contributed by atoms with Crippen LogP contribution in [0.5, 0.6) is 0 Å². The van der Waals surface area contributed by atoms with Crippen LogP contribution in [-0.4, -0.2) is 24.1 Å². The third kappa shape index (κ3) is 5.37. The highest BCUT2D eigenvalue weighted by Gasteiger charge is 2.23. The van der Waals surface area contributed by atoms with E-state index >= 15 is 0 Å². The Bertz CT molecular complexity index is 3320. The second-order valence-corrected chi connectivity index (χ2v) is 14.4. The van der Waals surface area contributed by atoms with Crippen LogP contribution in [0.25, 0.3) is 100 Å². The van der Waals surface area contributed by atoms with Crippen LogP contribution in [0.2, 0.25) is 0 Å². The van der Waals surface area contributed by atoms with Crippen LogP contribution >= 0.6 is 0 Å². The van der Waals surface area contributed by atoms with Gasteiger partial charge >= 0.3 is 0 Å². The van der Waals surface area contributed by atoms with Crippen molar-refractivity contribution in [3.63, 3.8) is 0 Å². The van der Waals surface area contributed by atoms with Crippen molar-refractivity contribution in [2.45, 2.75) is 0 Å². The summed E-state index contributed by atoms with van der Waals surface area (Å²) in [5.74, 6) is 1.79. The zero-order chi connectivity index (χ0) is 38.6. The van der Waals surface area contributed by atoms with E-state index in [1.54, 1.807) is 0 Å². The van der Waals surface area contributed by atoms with Gasteiger partial charge in [-0.15, -0.1) is 0 Å². The normalized spacial score (nSPS) is 11.4. The van der Waals surface area contributed by atoms with Crippen LogP contribution in [0.1, 0.15) is 5.56 Å². The van der Waals surface area contributed by atoms with E-state index in [0.717, 1.165) is 61.1 Å². The lowest BCUT2D eigenvalue weighted by Gasteiger charge is -2.16. The lowest BCUT2D eigenvalue weighted by molar-refractivity contribution is 1.07. The summed E-state index contributed by atoms with van der Waals surface area (Å²) in [5.41, 5.74) is 11.9. The van der Waals surface area contributed by atoms with Crippen LogP contribution in [0.3, 0.4) is 0 Å². The number of rotatable bonds is 6. The van der Waals surface area contributed by atoms with Gasteiger partial charge in [0, 0.05) is 49.5 Å². The Labute approximate surface area is 334 Å². The van der Waals surface area contributed by atoms with Gasteiger partial charge in [-0.3, -0.25) is 0 Å². The SMILES string of the molecule is N#Cc1ccc(-c2cc(-c3nc(-c4ccccc4)nc(-c4ccccc4)n3)ccc2-n2c3ccccc3c3c2ccc2c4ccccc4n(-c4ccccc4)c23)cc1. The topological polar surface area (TPSA) is 72.3 Å². The number of hydrogen-bond donors (Lipinski definition) is 0. The number of benzene rings is 8. The molecule has 270 valence electrons. The molecule has 0 aliphatic carbocycles. The van der Waals surface area contributed by atoms with Crippen molar-refractivity contribution in [2.24, 2.45) is 0 Å². The minimum atomic E-state index is 0.575. The van der Waals surface area contributed by atoms with Crippen molar-refractivity contribution in [3.05, 3.63) is 200 Å². The van der Waals surface area contributed by atoms with Gasteiger partial charge in [0.1, 0.15) is 0 Å². The van der Waals surface area contributed by atoms with E-state index < -0.39 is 0 Å². The number of aromatic nitrogens is 5. The van der Waals surface area contributed by atoms with E-state index in [0.29, 0.717) is 23.0 Å². The van der Waals surface area contributed by atoms with E-state index in [-0.39, 0.29) is 0 Å². The Kier molecular flexibility index (Phi) is 7.76. The maximum absolute atomic E-state index is 9.74. The van der Waals surface area contributed by atoms with Gasteiger partial charge in [-0.1, -0.05) is 133 Å². The van der Waals surface area contributed by atoms with E-state index in [1.807, 2.05) is 84.9 Å². The summed E-state index contributed by atoms with van der Waals surface area (Å²) >= 11 is 0. The lowest BCUT2D eigenvalue weighted by Crippen LogP contribution is -2.02. The molecular formula is C52H32N6. The van der Waals surface area contributed by atoms with Gasteiger partial charge in [0.2, 0.25) is 0 Å². The minimum Gasteiger partial charge on any atom is -0.309 e. The molecule has 0 unspecified atom stereocenters. The Balaban J connectivity index is 1.20. The van der Waals surface area contributed by atoms with E-state index in [2.05, 4.69) is 124 Å². The van der Waals surface area contributed by atoms with Crippen molar-refractivity contribution in [1.82, 2.24) is 24.1 Å². The fourth-order valence-corrected chi connectivity index (χ4v) is 8.38. The highest BCUT2D eigenvalue weighted by atomic mass is 15.0. The molecule has 0 aliphatic rings. The Morgan fingerprint density at radius 1 is 0.397 bits per heavy atom. The summed E-state index contributed by atoms with van der Waals surface area (Å²) in [5, 5.41) is 14.5. The maximum atomic E-state index is 9.74. The summed E-state index contributed by atoms with van der Waals surface area (Å²) in [6.45, 7) is 0. The molecule has 0 radical (unpaired) electrons. The van der Waals surface area contributed by atoms with Gasteiger partial charge in [-0.2, -0.15) is 5.26 Å². The van der Waals surface area contributed by atoms with Crippen molar-refractivity contribution in [2.75, 3.05) is 0 Å². The number of nitriles is 1. The quantitative estimate of drug-likeness (QED) is 0.170. The highest BCUT2D eigenvalue weighted by Crippen LogP contribution is 2.44. The third-order valence-corrected chi connectivity index (χ3v) is 11.0. The van der Waals surface area contributed by atoms with Crippen molar-refractivity contribution < 1.29 is 0 Å². The Morgan fingerprint density at radius 3 is 1.57 bits per heavy atom. The van der Waals surface area contributed by atoms with Crippen LogP contribution in [-0.2, 0) is 0 Å². The molecule has 0 aliphatic heterocycles. The van der Waals surface area contributed by atoms with Crippen molar-refractivity contribution >= 4 is 43.6 Å². The van der Waals surface area contributed by atoms with Crippen LogP contribution in [0.15, 0.2) is 194 Å². The highest BCUT2D eigenvalue weighted by molar-refractivity contribution is 6.26. The van der Waals surface area contributed by atoms with Gasteiger partial charge in [-0.25, -0.2) is 15.0 Å². The van der Waals surface area contributed by atoms with Gasteiger partial charge < -0.3 is 9.13 Å². The fourth-order valence-electron chi connectivity index (χ4n) is 8.38. The minimum absolute atomic E-state index is 0.575. The second kappa shape index (κ2) is 13.6. The molecule has 0 spiro atoms. The zero-order valence-electron chi connectivity index (χ0n) is 31.2. The third-order valence-electron chi connectivity index (χ3n) is 11.0. The van der Waals surface area contributed by atoms with E-state index in [1.165, 1.54) is 21.7 Å². The zero-order valence-corrected chi connectivity index (χ0v) is 31.2. The molecule has 58 heavy (non-hydrogen) atoms. The number of nitrogens with zero attached hydrogens (tertiary/aromatic N) is 6. The van der Waals surface area contributed by atoms with Gasteiger partial charge in [0.15, 0.2) is 17.5 Å². The maximum Gasteiger partial charge on any atom is 0.164 e. The summed E-state index contributed by atoms with van der Waals surface area (Å²) in [6, 6.07) is 69.1. The number of fused-ring (bicyclic) bond motifs is 7. The number of hydrogen-bond acceptors (Lipinski definition) is 4. The first-order valence-corrected chi connectivity index (χ1v) is 19.3. The summed E-state index contributed by atoms with van der Waals surface area (Å²) in [4.78, 5) is 15.1. The van der Waals surface area contributed by atoms with Crippen molar-refractivity contribution in [1.29, 1.82) is 5.26 Å². The molecular weight excluding hydrogens is 709 g/mol. The second-order valence-electron chi connectivity index (χ2n) is 14.4. The van der Waals surface area contributed by atoms with Crippen LogP contribution in [0, 0.1) is 11.3 Å². The van der Waals surface area contributed by atoms with Crippen LogP contribution in [0.4, 0.5) is 0 Å². The predicted octanol–water partition coefficient (Wildman–Crippen LogP) is 12.6. The molecule has 0 saturated carbocycles. The molecule has 11 aromatic rings. The summed E-state index contributed by atoms with van der Waals surface area (Å²) in [7, 11) is 0.